The molecule has 6 nitrogen and oxygen atoms in total. The summed E-state index contributed by atoms with van der Waals surface area (Å²) in [6.07, 6.45) is 14.3. The summed E-state index contributed by atoms with van der Waals surface area (Å²) in [4.78, 5) is 15.6. The molecule has 0 radical (unpaired) electrons. The van der Waals surface area contributed by atoms with Crippen molar-refractivity contribution in [1.82, 2.24) is 25.2 Å². The van der Waals surface area contributed by atoms with E-state index in [1.54, 1.807) is 18.7 Å². The molecule has 2 aliphatic rings. The average molecular weight is 427 g/mol. The van der Waals surface area contributed by atoms with E-state index in [1.807, 2.05) is 6.20 Å². The zero-order valence-electron chi connectivity index (χ0n) is 18.8. The lowest BCUT2D eigenvalue weighted by molar-refractivity contribution is 0.216. The fourth-order valence-corrected chi connectivity index (χ4v) is 4.82. The SMILES string of the molecule is CN(C)C1CCC(c2ccc(Nc3nc(-c4cncnc4)cc4c3CNC=C4)cc2)CC1. The minimum absolute atomic E-state index is 0.668. The van der Waals surface area contributed by atoms with Gasteiger partial charge in [0.2, 0.25) is 0 Å². The van der Waals surface area contributed by atoms with Gasteiger partial charge in [0.1, 0.15) is 12.1 Å². The quantitative estimate of drug-likeness (QED) is 0.602. The molecule has 0 amide bonds. The van der Waals surface area contributed by atoms with Crippen LogP contribution in [0.5, 0.6) is 0 Å². The van der Waals surface area contributed by atoms with Crippen molar-refractivity contribution in [2.24, 2.45) is 0 Å². The van der Waals surface area contributed by atoms with E-state index >= 15 is 0 Å². The van der Waals surface area contributed by atoms with Crippen molar-refractivity contribution in [3.05, 3.63) is 71.9 Å². The van der Waals surface area contributed by atoms with Gasteiger partial charge in [0.05, 0.1) is 5.69 Å². The molecule has 1 aromatic carbocycles. The summed E-state index contributed by atoms with van der Waals surface area (Å²) < 4.78 is 0. The molecule has 164 valence electrons. The molecule has 5 rings (SSSR count). The molecule has 32 heavy (non-hydrogen) atoms. The second-order valence-electron chi connectivity index (χ2n) is 8.98. The molecule has 1 fully saturated rings. The Balaban J connectivity index is 1.36. The largest absolute Gasteiger partial charge is 0.387 e. The molecule has 1 aliphatic heterocycles. The van der Waals surface area contributed by atoms with E-state index in [4.69, 9.17) is 4.98 Å². The van der Waals surface area contributed by atoms with Crippen LogP contribution < -0.4 is 10.6 Å². The Morgan fingerprint density at radius 3 is 2.47 bits per heavy atom. The standard InChI is InChI=1S/C26H30N6/c1-32(2)23-9-5-19(6-10-23)18-3-7-22(8-4-18)30-26-24-16-27-12-11-20(24)13-25(31-26)21-14-28-17-29-15-21/h3-4,7-8,11-15,17,19,23,27H,5-6,9-10,16H2,1-2H3,(H,30,31). The van der Waals surface area contributed by atoms with Gasteiger partial charge in [-0.15, -0.1) is 0 Å². The van der Waals surface area contributed by atoms with E-state index in [1.165, 1.54) is 36.8 Å². The number of hydrogen-bond donors (Lipinski definition) is 2. The van der Waals surface area contributed by atoms with Crippen LogP contribution in [0.2, 0.25) is 0 Å². The van der Waals surface area contributed by atoms with Gasteiger partial charge in [-0.25, -0.2) is 15.0 Å². The van der Waals surface area contributed by atoms with Crippen molar-refractivity contribution in [3.63, 3.8) is 0 Å². The van der Waals surface area contributed by atoms with Crippen molar-refractivity contribution < 1.29 is 0 Å². The summed E-state index contributed by atoms with van der Waals surface area (Å²) in [6, 6.07) is 11.8. The lowest BCUT2D eigenvalue weighted by Gasteiger charge is -2.32. The zero-order valence-corrected chi connectivity index (χ0v) is 18.8. The Hall–Kier alpha value is -3.25. The summed E-state index contributed by atoms with van der Waals surface area (Å²) in [5.74, 6) is 1.54. The average Bonchev–Trinajstić information content (AvgIpc) is 2.85. The molecule has 0 spiro atoms. The molecule has 3 aromatic rings. The van der Waals surface area contributed by atoms with E-state index in [9.17, 15) is 0 Å². The highest BCUT2D eigenvalue weighted by Gasteiger charge is 2.23. The molecule has 0 bridgehead atoms. The molecule has 1 saturated carbocycles. The summed E-state index contributed by atoms with van der Waals surface area (Å²) in [7, 11) is 4.40. The first-order chi connectivity index (χ1) is 15.7. The first-order valence-corrected chi connectivity index (χ1v) is 11.4. The van der Waals surface area contributed by atoms with E-state index < -0.39 is 0 Å². The number of rotatable bonds is 5. The lowest BCUT2D eigenvalue weighted by Crippen LogP contribution is -2.31. The third-order valence-corrected chi connectivity index (χ3v) is 6.75. The van der Waals surface area contributed by atoms with Crippen LogP contribution in [0.15, 0.2) is 55.3 Å². The van der Waals surface area contributed by atoms with Gasteiger partial charge in [-0.2, -0.15) is 0 Å². The molecule has 6 heteroatoms. The summed E-state index contributed by atoms with van der Waals surface area (Å²) >= 11 is 0. The predicted molar refractivity (Wildman–Crippen MR) is 130 cm³/mol. The Labute approximate surface area is 189 Å². The second-order valence-corrected chi connectivity index (χ2v) is 8.98. The molecule has 0 atom stereocenters. The maximum absolute atomic E-state index is 4.92. The molecular formula is C26H30N6. The zero-order chi connectivity index (χ0) is 21.9. The van der Waals surface area contributed by atoms with Crippen LogP contribution in [0.1, 0.15) is 48.3 Å². The number of nitrogens with zero attached hydrogens (tertiary/aromatic N) is 4. The van der Waals surface area contributed by atoms with Crippen LogP contribution in [0.25, 0.3) is 17.3 Å². The topological polar surface area (TPSA) is 66.0 Å². The number of anilines is 2. The van der Waals surface area contributed by atoms with Gasteiger partial charge in [0.25, 0.3) is 0 Å². The summed E-state index contributed by atoms with van der Waals surface area (Å²) in [5, 5.41) is 6.86. The van der Waals surface area contributed by atoms with Gasteiger partial charge >= 0.3 is 0 Å². The fourth-order valence-electron chi connectivity index (χ4n) is 4.82. The van der Waals surface area contributed by atoms with Crippen molar-refractivity contribution in [1.29, 1.82) is 0 Å². The molecule has 0 saturated heterocycles. The third kappa shape index (κ3) is 4.36. The minimum atomic E-state index is 0.668. The highest BCUT2D eigenvalue weighted by molar-refractivity contribution is 5.73. The maximum atomic E-state index is 4.92. The van der Waals surface area contributed by atoms with Crippen LogP contribution in [-0.2, 0) is 6.54 Å². The van der Waals surface area contributed by atoms with Crippen LogP contribution in [0.3, 0.4) is 0 Å². The predicted octanol–water partition coefficient (Wildman–Crippen LogP) is 4.94. The molecular weight excluding hydrogens is 396 g/mol. The fraction of sp³-hybridized carbons (Fsp3) is 0.346. The Kier molecular flexibility index (Phi) is 5.86. The highest BCUT2D eigenvalue weighted by Crippen LogP contribution is 2.35. The summed E-state index contributed by atoms with van der Waals surface area (Å²) in [5.41, 5.74) is 6.61. The van der Waals surface area contributed by atoms with Gasteiger partial charge in [0, 0.05) is 41.8 Å². The molecule has 1 aliphatic carbocycles. The monoisotopic (exact) mass is 426 g/mol. The van der Waals surface area contributed by atoms with Gasteiger partial charge in [0.15, 0.2) is 0 Å². The Morgan fingerprint density at radius 1 is 1.00 bits per heavy atom. The van der Waals surface area contributed by atoms with Crippen molar-refractivity contribution in [2.45, 2.75) is 44.2 Å². The maximum Gasteiger partial charge on any atom is 0.136 e. The van der Waals surface area contributed by atoms with Crippen LogP contribution in [0, 0.1) is 0 Å². The lowest BCUT2D eigenvalue weighted by atomic mass is 9.81. The van der Waals surface area contributed by atoms with Crippen LogP contribution in [-0.4, -0.2) is 40.0 Å². The summed E-state index contributed by atoms with van der Waals surface area (Å²) in [6.45, 7) is 0.750. The van der Waals surface area contributed by atoms with Crippen LogP contribution in [0.4, 0.5) is 11.5 Å². The smallest absolute Gasteiger partial charge is 0.136 e. The second kappa shape index (κ2) is 9.09. The van der Waals surface area contributed by atoms with E-state index in [2.05, 4.69) is 76.0 Å². The molecule has 2 aromatic heterocycles. The molecule has 2 N–H and O–H groups in total. The van der Waals surface area contributed by atoms with E-state index in [0.29, 0.717) is 5.92 Å². The number of pyridine rings is 1. The Morgan fingerprint density at radius 2 is 1.75 bits per heavy atom. The number of hydrogen-bond acceptors (Lipinski definition) is 6. The molecule has 0 unspecified atom stereocenters. The number of benzene rings is 1. The third-order valence-electron chi connectivity index (χ3n) is 6.75. The van der Waals surface area contributed by atoms with Crippen LogP contribution >= 0.6 is 0 Å². The van der Waals surface area contributed by atoms with E-state index in [0.717, 1.165) is 40.9 Å². The first-order valence-electron chi connectivity index (χ1n) is 11.4. The van der Waals surface area contributed by atoms with E-state index in [-0.39, 0.29) is 0 Å². The van der Waals surface area contributed by atoms with Crippen molar-refractivity contribution >= 4 is 17.6 Å². The van der Waals surface area contributed by atoms with Crippen molar-refractivity contribution in [2.75, 3.05) is 19.4 Å². The van der Waals surface area contributed by atoms with Gasteiger partial charge in [-0.05, 0) is 87.3 Å². The van der Waals surface area contributed by atoms with Crippen molar-refractivity contribution in [3.8, 4) is 11.3 Å². The Bertz CT molecular complexity index is 1080. The first kappa shape index (κ1) is 20.6. The van der Waals surface area contributed by atoms with Gasteiger partial charge in [-0.1, -0.05) is 12.1 Å². The van der Waals surface area contributed by atoms with Gasteiger partial charge in [-0.3, -0.25) is 0 Å². The van der Waals surface area contributed by atoms with Gasteiger partial charge < -0.3 is 15.5 Å². The highest BCUT2D eigenvalue weighted by atomic mass is 15.1. The number of fused-ring (bicyclic) bond motifs is 1. The normalized spacial score (nSPS) is 20.0. The number of nitrogens with one attached hydrogen (secondary N) is 2. The number of aromatic nitrogens is 3. The minimum Gasteiger partial charge on any atom is -0.387 e. The molecule has 3 heterocycles.